The van der Waals surface area contributed by atoms with Crippen LogP contribution in [0.25, 0.3) is 0 Å². The van der Waals surface area contributed by atoms with Crippen molar-refractivity contribution in [1.82, 2.24) is 5.43 Å². The molecule has 37 heavy (non-hydrogen) atoms. The van der Waals surface area contributed by atoms with Gasteiger partial charge in [-0.15, -0.1) is 0 Å². The second-order valence-corrected chi connectivity index (χ2v) is 7.07. The summed E-state index contributed by atoms with van der Waals surface area (Å²) in [5.41, 5.74) is -0.152. The van der Waals surface area contributed by atoms with Gasteiger partial charge in [-0.05, 0) is 42.0 Å². The molecule has 3 aromatic rings. The maximum atomic E-state index is 12.8. The van der Waals surface area contributed by atoms with Crippen LogP contribution in [0.3, 0.4) is 0 Å². The van der Waals surface area contributed by atoms with Gasteiger partial charge in [-0.3, -0.25) is 29.8 Å². The quantitative estimate of drug-likeness (QED) is 0.203. The van der Waals surface area contributed by atoms with Crippen LogP contribution in [0.1, 0.15) is 11.1 Å². The minimum absolute atomic E-state index is 0.0921. The van der Waals surface area contributed by atoms with E-state index in [-0.39, 0.29) is 17.2 Å². The Morgan fingerprint density at radius 3 is 2.32 bits per heavy atom. The van der Waals surface area contributed by atoms with E-state index in [0.29, 0.717) is 11.6 Å². The summed E-state index contributed by atoms with van der Waals surface area (Å²) in [5, 5.41) is 27.7. The number of halogens is 3. The number of rotatable bonds is 7. The molecule has 0 aliphatic heterocycles. The number of nitro benzene ring substituents is 2. The van der Waals surface area contributed by atoms with Crippen molar-refractivity contribution >= 4 is 35.1 Å². The molecule has 0 aromatic heterocycles. The average molecular weight is 517 g/mol. The van der Waals surface area contributed by atoms with Crippen LogP contribution in [0.4, 0.5) is 30.2 Å². The number of benzene rings is 3. The number of alkyl halides is 3. The molecule has 3 aromatic carbocycles. The summed E-state index contributed by atoms with van der Waals surface area (Å²) in [6.07, 6.45) is -3.53. The Kier molecular flexibility index (Phi) is 7.76. The van der Waals surface area contributed by atoms with Gasteiger partial charge < -0.3 is 10.1 Å². The van der Waals surface area contributed by atoms with Crippen molar-refractivity contribution in [3.63, 3.8) is 0 Å². The average Bonchev–Trinajstić information content (AvgIpc) is 2.84. The highest BCUT2D eigenvalue weighted by Crippen LogP contribution is 2.34. The highest BCUT2D eigenvalue weighted by Gasteiger charge is 2.30. The minimum atomic E-state index is -4.63. The second kappa shape index (κ2) is 10.9. The largest absolute Gasteiger partial charge is 0.450 e. The minimum Gasteiger partial charge on any atom is -0.450 e. The zero-order valence-electron chi connectivity index (χ0n) is 18.3. The number of nitrogens with one attached hydrogen (secondary N) is 2. The third-order valence-corrected chi connectivity index (χ3v) is 4.47. The third-order valence-electron chi connectivity index (χ3n) is 4.47. The number of anilines is 1. The maximum absolute atomic E-state index is 12.8. The summed E-state index contributed by atoms with van der Waals surface area (Å²) in [6, 6.07) is 12.3. The van der Waals surface area contributed by atoms with E-state index in [0.717, 1.165) is 36.5 Å². The van der Waals surface area contributed by atoms with Gasteiger partial charge in [0.1, 0.15) is 5.75 Å². The van der Waals surface area contributed by atoms with Crippen molar-refractivity contribution in [1.29, 1.82) is 0 Å². The molecule has 0 saturated carbocycles. The van der Waals surface area contributed by atoms with Gasteiger partial charge >= 0.3 is 23.7 Å². The van der Waals surface area contributed by atoms with Gasteiger partial charge in [0.15, 0.2) is 0 Å². The number of non-ortho nitro benzene ring substituents is 1. The first-order chi connectivity index (χ1) is 17.4. The van der Waals surface area contributed by atoms with E-state index in [1.54, 1.807) is 0 Å². The van der Waals surface area contributed by atoms with E-state index in [1.807, 2.05) is 10.7 Å². The molecular weight excluding hydrogens is 503 g/mol. The van der Waals surface area contributed by atoms with Gasteiger partial charge in [0.25, 0.3) is 5.69 Å². The molecule has 15 heteroatoms. The Morgan fingerprint density at radius 2 is 1.65 bits per heavy atom. The third kappa shape index (κ3) is 7.08. The lowest BCUT2D eigenvalue weighted by Crippen LogP contribution is -2.32. The first-order valence-electron chi connectivity index (χ1n) is 9.96. The molecule has 0 unspecified atom stereocenters. The van der Waals surface area contributed by atoms with Crippen LogP contribution in [0.2, 0.25) is 0 Å². The summed E-state index contributed by atoms with van der Waals surface area (Å²) in [6.45, 7) is 0. The molecule has 0 spiro atoms. The first kappa shape index (κ1) is 26.3. The standard InChI is InChI=1S/C22H14F3N5O7/c23-22(24,25)14-4-2-5-15(10-14)27-20(31)21(32)28-26-12-13-3-1-6-17(9-13)37-19-8-7-16(29(33)34)11-18(19)30(35)36/h1-12H,(H,27,31)(H,28,32). The number of hydrazone groups is 1. The number of ether oxygens (including phenoxy) is 1. The molecule has 0 aliphatic rings. The Bertz CT molecular complexity index is 1410. The molecule has 0 heterocycles. The lowest BCUT2D eigenvalue weighted by molar-refractivity contribution is -0.394. The normalized spacial score (nSPS) is 11.1. The van der Waals surface area contributed by atoms with Crippen molar-refractivity contribution in [3.05, 3.63) is 98.1 Å². The lowest BCUT2D eigenvalue weighted by atomic mass is 10.2. The smallest absolute Gasteiger partial charge is 0.416 e. The summed E-state index contributed by atoms with van der Waals surface area (Å²) in [5.74, 6) is -2.69. The Hall–Kier alpha value is -5.34. The lowest BCUT2D eigenvalue weighted by Gasteiger charge is -2.09. The van der Waals surface area contributed by atoms with Gasteiger partial charge in [-0.1, -0.05) is 18.2 Å². The van der Waals surface area contributed by atoms with Crippen molar-refractivity contribution in [3.8, 4) is 11.5 Å². The van der Waals surface area contributed by atoms with Crippen LogP contribution < -0.4 is 15.5 Å². The van der Waals surface area contributed by atoms with E-state index in [4.69, 9.17) is 4.74 Å². The second-order valence-electron chi connectivity index (χ2n) is 7.07. The van der Waals surface area contributed by atoms with E-state index in [1.165, 1.54) is 30.3 Å². The van der Waals surface area contributed by atoms with Crippen LogP contribution in [0.5, 0.6) is 11.5 Å². The Balaban J connectivity index is 1.64. The first-order valence-corrected chi connectivity index (χ1v) is 9.96. The predicted octanol–water partition coefficient (Wildman–Crippen LogP) is 4.40. The fourth-order valence-corrected chi connectivity index (χ4v) is 2.81. The fourth-order valence-electron chi connectivity index (χ4n) is 2.81. The monoisotopic (exact) mass is 517 g/mol. The molecule has 0 bridgehead atoms. The number of nitro groups is 2. The molecule has 0 radical (unpaired) electrons. The van der Waals surface area contributed by atoms with Gasteiger partial charge in [-0.25, -0.2) is 5.43 Å². The SMILES string of the molecule is O=C(NN=Cc1cccc(Oc2ccc([N+](=O)[O-])cc2[N+](=O)[O-])c1)C(=O)Nc1cccc(C(F)(F)F)c1. The highest BCUT2D eigenvalue weighted by atomic mass is 19.4. The molecule has 3 rings (SSSR count). The van der Waals surface area contributed by atoms with Crippen molar-refractivity contribution in [2.75, 3.05) is 5.32 Å². The molecule has 2 amide bonds. The van der Waals surface area contributed by atoms with E-state index in [9.17, 15) is 43.0 Å². The van der Waals surface area contributed by atoms with E-state index < -0.39 is 44.8 Å². The number of hydrogen-bond acceptors (Lipinski definition) is 8. The van der Waals surface area contributed by atoms with Crippen LogP contribution >= 0.6 is 0 Å². The molecule has 0 aliphatic carbocycles. The van der Waals surface area contributed by atoms with Crippen molar-refractivity contribution < 1.29 is 37.3 Å². The maximum Gasteiger partial charge on any atom is 0.416 e. The van der Waals surface area contributed by atoms with Gasteiger partial charge in [0.2, 0.25) is 5.75 Å². The molecule has 2 N–H and O–H groups in total. The predicted molar refractivity (Wildman–Crippen MR) is 122 cm³/mol. The number of amides is 2. The van der Waals surface area contributed by atoms with E-state index in [2.05, 4.69) is 5.10 Å². The summed E-state index contributed by atoms with van der Waals surface area (Å²) >= 11 is 0. The van der Waals surface area contributed by atoms with Crippen LogP contribution in [-0.2, 0) is 15.8 Å². The summed E-state index contributed by atoms with van der Waals surface area (Å²) < 4.78 is 43.8. The number of carbonyl (C=O) groups excluding carboxylic acids is 2. The zero-order chi connectivity index (χ0) is 27.2. The van der Waals surface area contributed by atoms with Crippen LogP contribution in [-0.4, -0.2) is 27.9 Å². The highest BCUT2D eigenvalue weighted by molar-refractivity contribution is 6.39. The topological polar surface area (TPSA) is 166 Å². The van der Waals surface area contributed by atoms with Gasteiger partial charge in [-0.2, -0.15) is 18.3 Å². The number of hydrogen-bond donors (Lipinski definition) is 2. The Labute approximate surface area is 204 Å². The summed E-state index contributed by atoms with van der Waals surface area (Å²) in [4.78, 5) is 44.3. The molecular formula is C22H14F3N5O7. The zero-order valence-corrected chi connectivity index (χ0v) is 18.3. The molecule has 0 atom stereocenters. The number of carbonyl (C=O) groups is 2. The van der Waals surface area contributed by atoms with Crippen molar-refractivity contribution in [2.45, 2.75) is 6.18 Å². The molecule has 0 fully saturated rings. The van der Waals surface area contributed by atoms with Gasteiger partial charge in [0.05, 0.1) is 27.7 Å². The van der Waals surface area contributed by atoms with E-state index >= 15 is 0 Å². The molecule has 190 valence electrons. The Morgan fingerprint density at radius 1 is 0.919 bits per heavy atom. The van der Waals surface area contributed by atoms with Gasteiger partial charge in [0, 0.05) is 11.8 Å². The number of nitrogens with zero attached hydrogens (tertiary/aromatic N) is 3. The molecule has 12 nitrogen and oxygen atoms in total. The summed E-state index contributed by atoms with van der Waals surface area (Å²) in [7, 11) is 0. The fraction of sp³-hybridized carbons (Fsp3) is 0.0455. The van der Waals surface area contributed by atoms with Crippen LogP contribution in [0, 0.1) is 20.2 Å². The van der Waals surface area contributed by atoms with Crippen molar-refractivity contribution in [2.24, 2.45) is 5.10 Å². The molecule has 0 saturated heterocycles. The van der Waals surface area contributed by atoms with Crippen LogP contribution in [0.15, 0.2) is 71.8 Å².